The van der Waals surface area contributed by atoms with Crippen LogP contribution in [0.25, 0.3) is 22.9 Å². The van der Waals surface area contributed by atoms with Crippen molar-refractivity contribution in [2.24, 2.45) is 5.92 Å². The first-order chi connectivity index (χ1) is 25.8. The summed E-state index contributed by atoms with van der Waals surface area (Å²) in [5.74, 6) is 0.595. The van der Waals surface area contributed by atoms with E-state index >= 15 is 0 Å². The first-order valence-electron chi connectivity index (χ1n) is 19.5. The molecule has 3 aromatic rings. The van der Waals surface area contributed by atoms with Gasteiger partial charge in [-0.1, -0.05) is 140 Å². The van der Waals surface area contributed by atoms with Crippen molar-refractivity contribution in [2.45, 2.75) is 69.9 Å². The Balaban J connectivity index is 1.06. The summed E-state index contributed by atoms with van der Waals surface area (Å²) in [6.07, 6.45) is 49.8. The zero-order chi connectivity index (χ0) is 34.7. The summed E-state index contributed by atoms with van der Waals surface area (Å²) >= 11 is 0. The van der Waals surface area contributed by atoms with Crippen LogP contribution in [0.15, 0.2) is 180 Å². The topological polar surface area (TPSA) is 6.48 Å². The normalized spacial score (nSPS) is 23.4. The summed E-state index contributed by atoms with van der Waals surface area (Å²) < 4.78 is 0. The van der Waals surface area contributed by atoms with Gasteiger partial charge in [0.1, 0.15) is 0 Å². The number of benzene rings is 3. The molecule has 3 unspecified atom stereocenters. The molecule has 52 heavy (non-hydrogen) atoms. The van der Waals surface area contributed by atoms with Gasteiger partial charge in [-0.05, 0) is 121 Å². The third kappa shape index (κ3) is 6.48. The van der Waals surface area contributed by atoms with Gasteiger partial charge in [-0.2, -0.15) is 0 Å². The fraction of sp³-hybridized carbons (Fsp3) is 0.240. The lowest BCUT2D eigenvalue weighted by Crippen LogP contribution is -2.37. The van der Waals surface area contributed by atoms with Gasteiger partial charge in [-0.15, -0.1) is 0 Å². The molecule has 0 amide bonds. The average molecular weight is 677 g/mol. The second-order valence-electron chi connectivity index (χ2n) is 14.9. The number of rotatable bonds is 8. The predicted molar refractivity (Wildman–Crippen MR) is 221 cm³/mol. The van der Waals surface area contributed by atoms with E-state index in [4.69, 9.17) is 0 Å². The summed E-state index contributed by atoms with van der Waals surface area (Å²) in [4.78, 5) is 5.24. The molecule has 2 nitrogen and oxygen atoms in total. The highest BCUT2D eigenvalue weighted by atomic mass is 15.2. The first-order valence-corrected chi connectivity index (χ1v) is 19.5. The minimum absolute atomic E-state index is 0.230. The number of allylic oxidation sites excluding steroid dienone is 15. The maximum Gasteiger partial charge on any atom is 0.0566 e. The minimum atomic E-state index is 0.230. The molecule has 0 bridgehead atoms. The minimum Gasteiger partial charge on any atom is -0.338 e. The van der Waals surface area contributed by atoms with Crippen LogP contribution in [-0.2, 0) is 6.42 Å². The lowest BCUT2D eigenvalue weighted by Gasteiger charge is -2.39. The monoisotopic (exact) mass is 676 g/mol. The van der Waals surface area contributed by atoms with E-state index in [0.29, 0.717) is 12.0 Å². The Morgan fingerprint density at radius 2 is 1.54 bits per heavy atom. The highest BCUT2D eigenvalue weighted by Crippen LogP contribution is 2.42. The molecule has 2 heteroatoms. The fourth-order valence-electron chi connectivity index (χ4n) is 9.00. The Morgan fingerprint density at radius 3 is 2.40 bits per heavy atom. The van der Waals surface area contributed by atoms with Gasteiger partial charge in [0, 0.05) is 28.2 Å². The van der Waals surface area contributed by atoms with E-state index in [-0.39, 0.29) is 6.04 Å². The van der Waals surface area contributed by atoms with Crippen molar-refractivity contribution < 1.29 is 0 Å². The number of anilines is 1. The van der Waals surface area contributed by atoms with Crippen LogP contribution in [0, 0.1) is 5.92 Å². The molecule has 0 aliphatic heterocycles. The summed E-state index contributed by atoms with van der Waals surface area (Å²) in [5, 5.41) is 2.61. The van der Waals surface area contributed by atoms with Crippen LogP contribution in [0.1, 0.15) is 68.1 Å². The van der Waals surface area contributed by atoms with Crippen LogP contribution < -0.4 is 4.90 Å². The van der Waals surface area contributed by atoms with Crippen LogP contribution in [0.2, 0.25) is 0 Å². The Bertz CT molecular complexity index is 2200. The zero-order valence-corrected chi connectivity index (χ0v) is 30.1. The second kappa shape index (κ2) is 14.7. The Morgan fingerprint density at radius 1 is 0.635 bits per heavy atom. The molecular weight excluding hydrogens is 629 g/mol. The van der Waals surface area contributed by atoms with Crippen LogP contribution in [0.4, 0.5) is 5.69 Å². The van der Waals surface area contributed by atoms with E-state index < -0.39 is 0 Å². The molecule has 3 aromatic carbocycles. The molecule has 258 valence electrons. The van der Waals surface area contributed by atoms with Crippen molar-refractivity contribution in [3.63, 3.8) is 0 Å². The Kier molecular flexibility index (Phi) is 9.22. The maximum absolute atomic E-state index is 2.66. The average Bonchev–Trinajstić information content (AvgIpc) is 3.22. The molecule has 0 saturated carbocycles. The summed E-state index contributed by atoms with van der Waals surface area (Å²) in [6, 6.07) is 23.3. The maximum atomic E-state index is 2.66. The third-order valence-electron chi connectivity index (χ3n) is 11.7. The molecular formula is C50H48N2. The molecule has 0 heterocycles. The van der Waals surface area contributed by atoms with Crippen molar-refractivity contribution in [3.05, 3.63) is 197 Å². The largest absolute Gasteiger partial charge is 0.338 e. The Hall–Kier alpha value is -5.34. The number of hydrogen-bond acceptors (Lipinski definition) is 2. The quantitative estimate of drug-likeness (QED) is 0.234. The van der Waals surface area contributed by atoms with E-state index in [0.717, 1.165) is 44.9 Å². The molecule has 0 saturated heterocycles. The molecule has 0 radical (unpaired) electrons. The van der Waals surface area contributed by atoms with E-state index in [2.05, 4.69) is 174 Å². The highest BCUT2D eigenvalue weighted by Gasteiger charge is 2.30. The molecule has 6 aliphatic rings. The standard InChI is InChI=1S/C50H48N2/c1-3-18-42(19-4-1)51(43-20-5-2-6-21-43)44-32-27-37(28-33-44)26-29-40-31-35-50(48-24-12-11-22-46(40)48)52(45-34-30-38-14-7-8-16-41(38)36-45)49-25-13-17-39-15-9-10-23-47(39)49/h1,3-5,7-8,10-14,16,18,20-27,29-32,34-35,39,42,45H,2,6,9,15,17,19,28,33,36H2/b29-26+. The van der Waals surface area contributed by atoms with Crippen molar-refractivity contribution in [2.75, 3.05) is 4.90 Å². The van der Waals surface area contributed by atoms with Crippen molar-refractivity contribution in [3.8, 4) is 0 Å². The smallest absolute Gasteiger partial charge is 0.0566 e. The van der Waals surface area contributed by atoms with Crippen molar-refractivity contribution in [1.29, 1.82) is 0 Å². The van der Waals surface area contributed by atoms with Gasteiger partial charge in [0.05, 0.1) is 12.1 Å². The molecule has 6 aliphatic carbocycles. The number of fused-ring (bicyclic) bond motifs is 3. The fourth-order valence-corrected chi connectivity index (χ4v) is 9.00. The van der Waals surface area contributed by atoms with Gasteiger partial charge in [-0.25, -0.2) is 0 Å². The molecule has 0 spiro atoms. The molecule has 0 N–H and O–H groups in total. The molecule has 3 atom stereocenters. The van der Waals surface area contributed by atoms with Gasteiger partial charge in [0.25, 0.3) is 0 Å². The van der Waals surface area contributed by atoms with Crippen LogP contribution in [0.3, 0.4) is 0 Å². The van der Waals surface area contributed by atoms with E-state index in [1.807, 2.05) is 0 Å². The summed E-state index contributed by atoms with van der Waals surface area (Å²) in [7, 11) is 0. The van der Waals surface area contributed by atoms with Gasteiger partial charge in [0.2, 0.25) is 0 Å². The third-order valence-corrected chi connectivity index (χ3v) is 11.7. The predicted octanol–water partition coefficient (Wildman–Crippen LogP) is 12.5. The highest BCUT2D eigenvalue weighted by molar-refractivity contribution is 6.00. The number of hydrogen-bond donors (Lipinski definition) is 0. The zero-order valence-electron chi connectivity index (χ0n) is 30.1. The van der Waals surface area contributed by atoms with Gasteiger partial charge in [-0.3, -0.25) is 0 Å². The SMILES string of the molecule is C1=CCC(N(C2=CCCC=C2)C2=CC=C(/C=C/c3ccc(N(C4=C5C=CCCC5CC=C4)C4C=Cc5ccccc5C4)c4ccccc34)CC2)C=C1. The van der Waals surface area contributed by atoms with Crippen molar-refractivity contribution in [1.82, 2.24) is 4.90 Å². The Labute approximate surface area is 309 Å². The van der Waals surface area contributed by atoms with Gasteiger partial charge in [0.15, 0.2) is 0 Å². The summed E-state index contributed by atoms with van der Waals surface area (Å²) in [5.41, 5.74) is 12.3. The van der Waals surface area contributed by atoms with E-state index in [9.17, 15) is 0 Å². The second-order valence-corrected chi connectivity index (χ2v) is 14.9. The molecule has 0 aromatic heterocycles. The van der Waals surface area contributed by atoms with Crippen LogP contribution in [0.5, 0.6) is 0 Å². The van der Waals surface area contributed by atoms with Crippen LogP contribution in [-0.4, -0.2) is 17.0 Å². The van der Waals surface area contributed by atoms with Gasteiger partial charge < -0.3 is 9.80 Å². The van der Waals surface area contributed by atoms with Crippen LogP contribution >= 0.6 is 0 Å². The van der Waals surface area contributed by atoms with E-state index in [1.165, 1.54) is 74.2 Å². The molecule has 0 fully saturated rings. The number of nitrogens with zero attached hydrogens (tertiary/aromatic N) is 2. The molecule has 9 rings (SSSR count). The van der Waals surface area contributed by atoms with E-state index in [1.54, 1.807) is 0 Å². The first kappa shape index (κ1) is 32.6. The summed E-state index contributed by atoms with van der Waals surface area (Å²) in [6.45, 7) is 0. The van der Waals surface area contributed by atoms with Gasteiger partial charge >= 0.3 is 0 Å². The lowest BCUT2D eigenvalue weighted by atomic mass is 9.81. The van der Waals surface area contributed by atoms with Crippen molar-refractivity contribution >= 4 is 28.6 Å². The lowest BCUT2D eigenvalue weighted by molar-refractivity contribution is 0.355.